The summed E-state index contributed by atoms with van der Waals surface area (Å²) in [5.41, 5.74) is 4.68. The maximum absolute atomic E-state index is 13.5. The molecule has 0 spiro atoms. The number of piperidine rings is 1. The first-order valence-electron chi connectivity index (χ1n) is 9.93. The molecule has 2 aromatic carbocycles. The molecule has 1 fully saturated rings. The summed E-state index contributed by atoms with van der Waals surface area (Å²) in [7, 11) is 0. The fourth-order valence-corrected chi connectivity index (χ4v) is 3.92. The molecule has 2 N–H and O–H groups in total. The van der Waals surface area contributed by atoms with E-state index in [0.29, 0.717) is 11.7 Å². The van der Waals surface area contributed by atoms with Crippen LogP contribution in [0.2, 0.25) is 0 Å². The van der Waals surface area contributed by atoms with Crippen LogP contribution in [-0.2, 0) is 0 Å². The number of rotatable bonds is 4. The Hall–Kier alpha value is -3.25. The lowest BCUT2D eigenvalue weighted by Crippen LogP contribution is -2.29. The Morgan fingerprint density at radius 2 is 1.93 bits per heavy atom. The van der Waals surface area contributed by atoms with Crippen LogP contribution in [0, 0.1) is 5.82 Å². The summed E-state index contributed by atoms with van der Waals surface area (Å²) < 4.78 is 15.6. The monoisotopic (exact) mass is 387 g/mol. The van der Waals surface area contributed by atoms with Crippen LogP contribution in [0.4, 0.5) is 15.8 Å². The van der Waals surface area contributed by atoms with Gasteiger partial charge in [0.1, 0.15) is 5.82 Å². The molecular weight excluding hydrogens is 365 g/mol. The second kappa shape index (κ2) is 7.64. The van der Waals surface area contributed by atoms with Crippen molar-refractivity contribution >= 4 is 22.3 Å². The third-order valence-corrected chi connectivity index (χ3v) is 5.46. The zero-order valence-corrected chi connectivity index (χ0v) is 16.0. The molecule has 0 aliphatic carbocycles. The first-order chi connectivity index (χ1) is 14.3. The van der Waals surface area contributed by atoms with E-state index in [2.05, 4.69) is 49.8 Å². The molecule has 5 nitrogen and oxygen atoms in total. The van der Waals surface area contributed by atoms with E-state index < -0.39 is 0 Å². The summed E-state index contributed by atoms with van der Waals surface area (Å²) in [6.07, 6.45) is 8.04. The third kappa shape index (κ3) is 3.71. The molecule has 5 rings (SSSR count). The summed E-state index contributed by atoms with van der Waals surface area (Å²) in [6, 6.07) is 15.1. The molecule has 0 unspecified atom stereocenters. The molecule has 0 radical (unpaired) electrons. The Balaban J connectivity index is 1.44. The second-order valence-electron chi connectivity index (χ2n) is 7.42. The van der Waals surface area contributed by atoms with Gasteiger partial charge in [-0.15, -0.1) is 0 Å². The second-order valence-corrected chi connectivity index (χ2v) is 7.42. The van der Waals surface area contributed by atoms with Crippen molar-refractivity contribution in [2.75, 3.05) is 18.4 Å². The highest BCUT2D eigenvalue weighted by atomic mass is 19.1. The molecule has 4 aromatic rings. The van der Waals surface area contributed by atoms with Crippen molar-refractivity contribution in [3.8, 4) is 11.1 Å². The molecule has 1 aliphatic heterocycles. The molecular formula is C23H22FN5. The van der Waals surface area contributed by atoms with Gasteiger partial charge in [0.2, 0.25) is 0 Å². The Morgan fingerprint density at radius 3 is 2.79 bits per heavy atom. The van der Waals surface area contributed by atoms with Gasteiger partial charge in [-0.25, -0.2) is 4.39 Å². The van der Waals surface area contributed by atoms with Crippen molar-refractivity contribution in [3.05, 3.63) is 72.9 Å². The summed E-state index contributed by atoms with van der Waals surface area (Å²) in [5.74, 6) is -0.263. The van der Waals surface area contributed by atoms with Crippen LogP contribution in [0.25, 0.3) is 22.0 Å². The number of anilines is 2. The molecule has 3 heterocycles. The van der Waals surface area contributed by atoms with Crippen molar-refractivity contribution < 1.29 is 4.39 Å². The molecule has 6 heteroatoms. The SMILES string of the molecule is Fc1cccc(Nc2ccnc3cc(-c4cnn(C5CCNCC5)c4)ccc23)c1. The largest absolute Gasteiger partial charge is 0.355 e. The van der Waals surface area contributed by atoms with Gasteiger partial charge in [0.05, 0.1) is 17.8 Å². The average molecular weight is 387 g/mol. The van der Waals surface area contributed by atoms with Gasteiger partial charge in [-0.2, -0.15) is 5.10 Å². The predicted octanol–water partition coefficient (Wildman–Crippen LogP) is 4.91. The van der Waals surface area contributed by atoms with Crippen molar-refractivity contribution in [2.24, 2.45) is 0 Å². The number of nitrogens with zero attached hydrogens (tertiary/aromatic N) is 3. The van der Waals surface area contributed by atoms with E-state index in [1.165, 1.54) is 12.1 Å². The van der Waals surface area contributed by atoms with E-state index in [0.717, 1.165) is 53.6 Å². The van der Waals surface area contributed by atoms with Gasteiger partial charge >= 0.3 is 0 Å². The van der Waals surface area contributed by atoms with Gasteiger partial charge in [0, 0.05) is 34.7 Å². The molecule has 0 bridgehead atoms. The van der Waals surface area contributed by atoms with Gasteiger partial charge in [-0.3, -0.25) is 9.67 Å². The standard InChI is InChI=1S/C23H22FN5/c24-18-2-1-3-19(13-18)28-22-8-11-26-23-12-16(4-5-21(22)23)17-14-27-29(15-17)20-6-9-25-10-7-20/h1-5,8,11-15,20,25H,6-7,9-10H2,(H,26,28). The van der Waals surface area contributed by atoms with Crippen molar-refractivity contribution in [1.82, 2.24) is 20.1 Å². The van der Waals surface area contributed by atoms with Crippen LogP contribution in [0.3, 0.4) is 0 Å². The summed E-state index contributed by atoms with van der Waals surface area (Å²) in [4.78, 5) is 4.53. The number of hydrogen-bond acceptors (Lipinski definition) is 4. The zero-order valence-electron chi connectivity index (χ0n) is 16.0. The lowest BCUT2D eigenvalue weighted by atomic mass is 10.1. The van der Waals surface area contributed by atoms with Gasteiger partial charge in [-0.05, 0) is 61.8 Å². The highest BCUT2D eigenvalue weighted by molar-refractivity contribution is 5.95. The van der Waals surface area contributed by atoms with E-state index in [1.54, 1.807) is 12.3 Å². The molecule has 146 valence electrons. The number of halogens is 1. The number of fused-ring (bicyclic) bond motifs is 1. The minimum Gasteiger partial charge on any atom is -0.355 e. The van der Waals surface area contributed by atoms with E-state index in [-0.39, 0.29) is 5.82 Å². The van der Waals surface area contributed by atoms with Crippen LogP contribution in [0.15, 0.2) is 67.1 Å². The molecule has 2 aromatic heterocycles. The number of pyridine rings is 1. The van der Waals surface area contributed by atoms with E-state index >= 15 is 0 Å². The zero-order chi connectivity index (χ0) is 19.6. The number of nitrogens with one attached hydrogen (secondary N) is 2. The minimum atomic E-state index is -0.263. The topological polar surface area (TPSA) is 54.8 Å². The lowest BCUT2D eigenvalue weighted by Gasteiger charge is -2.22. The highest BCUT2D eigenvalue weighted by Crippen LogP contribution is 2.30. The van der Waals surface area contributed by atoms with Crippen LogP contribution in [-0.4, -0.2) is 27.9 Å². The summed E-state index contributed by atoms with van der Waals surface area (Å²) >= 11 is 0. The predicted molar refractivity (Wildman–Crippen MR) is 114 cm³/mol. The van der Waals surface area contributed by atoms with Crippen molar-refractivity contribution in [2.45, 2.75) is 18.9 Å². The lowest BCUT2D eigenvalue weighted by molar-refractivity contribution is 0.343. The van der Waals surface area contributed by atoms with Gasteiger partial charge in [-0.1, -0.05) is 18.2 Å². The molecule has 0 amide bonds. The van der Waals surface area contributed by atoms with Crippen LogP contribution in [0.5, 0.6) is 0 Å². The number of hydrogen-bond donors (Lipinski definition) is 2. The Kier molecular flexibility index (Phi) is 4.69. The highest BCUT2D eigenvalue weighted by Gasteiger charge is 2.16. The van der Waals surface area contributed by atoms with Gasteiger partial charge in [0.25, 0.3) is 0 Å². The third-order valence-electron chi connectivity index (χ3n) is 5.46. The van der Waals surface area contributed by atoms with E-state index in [9.17, 15) is 4.39 Å². The van der Waals surface area contributed by atoms with Crippen molar-refractivity contribution in [1.29, 1.82) is 0 Å². The van der Waals surface area contributed by atoms with Gasteiger partial charge in [0.15, 0.2) is 0 Å². The smallest absolute Gasteiger partial charge is 0.125 e. The number of benzene rings is 2. The molecule has 29 heavy (non-hydrogen) atoms. The van der Waals surface area contributed by atoms with E-state index in [1.807, 2.05) is 18.3 Å². The normalized spacial score (nSPS) is 14.9. The van der Waals surface area contributed by atoms with Crippen LogP contribution in [0.1, 0.15) is 18.9 Å². The average Bonchev–Trinajstić information content (AvgIpc) is 3.25. The molecule has 0 atom stereocenters. The maximum atomic E-state index is 13.5. The quantitative estimate of drug-likeness (QED) is 0.523. The first kappa shape index (κ1) is 17.8. The maximum Gasteiger partial charge on any atom is 0.125 e. The molecule has 0 saturated carbocycles. The summed E-state index contributed by atoms with van der Waals surface area (Å²) in [5, 5.41) is 12.3. The minimum absolute atomic E-state index is 0.263. The van der Waals surface area contributed by atoms with Crippen LogP contribution >= 0.6 is 0 Å². The molecule has 1 aliphatic rings. The number of aromatic nitrogens is 3. The summed E-state index contributed by atoms with van der Waals surface area (Å²) in [6.45, 7) is 2.09. The Labute approximate surface area is 168 Å². The fourth-order valence-electron chi connectivity index (χ4n) is 3.92. The fraction of sp³-hybridized carbons (Fsp3) is 0.217. The van der Waals surface area contributed by atoms with Crippen LogP contribution < -0.4 is 10.6 Å². The van der Waals surface area contributed by atoms with Gasteiger partial charge < -0.3 is 10.6 Å². The molecule has 1 saturated heterocycles. The Bertz CT molecular complexity index is 1150. The van der Waals surface area contributed by atoms with Crippen molar-refractivity contribution in [3.63, 3.8) is 0 Å². The van der Waals surface area contributed by atoms with E-state index in [4.69, 9.17) is 0 Å². The first-order valence-corrected chi connectivity index (χ1v) is 9.93. The Morgan fingerprint density at radius 1 is 1.03 bits per heavy atom.